The summed E-state index contributed by atoms with van der Waals surface area (Å²) < 4.78 is 0. The molecule has 0 aliphatic carbocycles. The Hall–Kier alpha value is -3.02. The van der Waals surface area contributed by atoms with Gasteiger partial charge in [-0.15, -0.1) is 0 Å². The van der Waals surface area contributed by atoms with Crippen LogP contribution in [0.15, 0.2) is 30.3 Å². The average molecular weight is 410 g/mol. The molecule has 0 saturated heterocycles. The minimum atomic E-state index is -1.59. The molecule has 8 N–H and O–H groups in total. The Morgan fingerprint density at radius 2 is 1.69 bits per heavy atom. The Bertz CT molecular complexity index is 711. The smallest absolute Gasteiger partial charge is 0.328 e. The van der Waals surface area contributed by atoms with Crippen molar-refractivity contribution in [2.45, 2.75) is 37.6 Å². The van der Waals surface area contributed by atoms with Crippen molar-refractivity contribution in [1.29, 1.82) is 0 Å². The summed E-state index contributed by atoms with van der Waals surface area (Å²) in [7, 11) is 0. The average Bonchev–Trinajstić information content (AvgIpc) is 2.68. The normalized spacial score (nSPS) is 14.8. The molecule has 3 amide bonds. The summed E-state index contributed by atoms with van der Waals surface area (Å²) in [6, 6.07) is 5.10. The standard InChI is InChI=1S/C18H26N4O7/c1-10(24)15(17(27)21-13(9-23)18(28)29)22-14(25)8-20-16(26)12(19)7-11-5-3-2-4-6-11/h2-6,10,12-13,15,23-24H,7-9,19H2,1H3,(H,20,26)(H,21,27)(H,22,25)(H,28,29). The molecule has 1 rings (SSSR count). The van der Waals surface area contributed by atoms with E-state index in [-0.39, 0.29) is 6.42 Å². The molecule has 0 radical (unpaired) electrons. The van der Waals surface area contributed by atoms with Crippen LogP contribution >= 0.6 is 0 Å². The van der Waals surface area contributed by atoms with Gasteiger partial charge in [-0.25, -0.2) is 4.79 Å². The number of aliphatic hydroxyl groups is 2. The van der Waals surface area contributed by atoms with Crippen LogP contribution in [0.1, 0.15) is 12.5 Å². The van der Waals surface area contributed by atoms with Crippen LogP contribution in [0, 0.1) is 0 Å². The van der Waals surface area contributed by atoms with Crippen LogP contribution in [0.2, 0.25) is 0 Å². The zero-order chi connectivity index (χ0) is 22.0. The van der Waals surface area contributed by atoms with Crippen LogP contribution in [-0.2, 0) is 25.6 Å². The molecule has 0 spiro atoms. The Labute approximate surface area is 167 Å². The van der Waals surface area contributed by atoms with Crippen molar-refractivity contribution < 1.29 is 34.5 Å². The molecule has 0 saturated carbocycles. The van der Waals surface area contributed by atoms with Gasteiger partial charge in [0, 0.05) is 0 Å². The third-order valence-corrected chi connectivity index (χ3v) is 3.94. The van der Waals surface area contributed by atoms with Gasteiger partial charge in [0.15, 0.2) is 0 Å². The highest BCUT2D eigenvalue weighted by Crippen LogP contribution is 2.02. The van der Waals surface area contributed by atoms with Gasteiger partial charge in [-0.3, -0.25) is 14.4 Å². The first-order valence-electron chi connectivity index (χ1n) is 8.84. The molecule has 29 heavy (non-hydrogen) atoms. The maximum atomic E-state index is 12.1. The highest BCUT2D eigenvalue weighted by atomic mass is 16.4. The predicted molar refractivity (Wildman–Crippen MR) is 101 cm³/mol. The molecule has 0 fully saturated rings. The molecular weight excluding hydrogens is 384 g/mol. The molecule has 0 heterocycles. The Balaban J connectivity index is 2.55. The van der Waals surface area contributed by atoms with Crippen LogP contribution in [-0.4, -0.2) is 76.4 Å². The second-order valence-electron chi connectivity index (χ2n) is 6.38. The molecule has 0 bridgehead atoms. The summed E-state index contributed by atoms with van der Waals surface area (Å²) in [5, 5.41) is 34.0. The molecule has 4 unspecified atom stereocenters. The lowest BCUT2D eigenvalue weighted by atomic mass is 10.1. The minimum Gasteiger partial charge on any atom is -0.480 e. The number of carbonyl (C=O) groups is 4. The van der Waals surface area contributed by atoms with Crippen LogP contribution in [0.4, 0.5) is 0 Å². The highest BCUT2D eigenvalue weighted by molar-refractivity contribution is 5.92. The summed E-state index contributed by atoms with van der Waals surface area (Å²) in [5.74, 6) is -3.84. The number of carboxylic acid groups (broad SMARTS) is 1. The molecule has 4 atom stereocenters. The molecule has 0 aliphatic rings. The van der Waals surface area contributed by atoms with Gasteiger partial charge in [0.25, 0.3) is 0 Å². The van der Waals surface area contributed by atoms with E-state index in [4.69, 9.17) is 15.9 Å². The van der Waals surface area contributed by atoms with Gasteiger partial charge < -0.3 is 37.0 Å². The SMILES string of the molecule is CC(O)C(NC(=O)CNC(=O)C(N)Cc1ccccc1)C(=O)NC(CO)C(=O)O. The van der Waals surface area contributed by atoms with Crippen molar-refractivity contribution in [2.75, 3.05) is 13.2 Å². The Kier molecular flexibility index (Phi) is 9.72. The van der Waals surface area contributed by atoms with E-state index >= 15 is 0 Å². The second kappa shape index (κ2) is 11.7. The second-order valence-corrected chi connectivity index (χ2v) is 6.38. The number of carbonyl (C=O) groups excluding carboxylic acids is 3. The van der Waals surface area contributed by atoms with Crippen molar-refractivity contribution in [2.24, 2.45) is 5.73 Å². The molecule has 160 valence electrons. The molecule has 1 aromatic rings. The van der Waals surface area contributed by atoms with E-state index in [0.717, 1.165) is 5.56 Å². The van der Waals surface area contributed by atoms with E-state index in [1.807, 2.05) is 23.5 Å². The van der Waals surface area contributed by atoms with E-state index in [1.54, 1.807) is 12.1 Å². The predicted octanol–water partition coefficient (Wildman–Crippen LogP) is -2.90. The van der Waals surface area contributed by atoms with Gasteiger partial charge >= 0.3 is 5.97 Å². The molecule has 0 aromatic heterocycles. The fourth-order valence-corrected chi connectivity index (χ4v) is 2.34. The number of hydrogen-bond donors (Lipinski definition) is 7. The van der Waals surface area contributed by atoms with Crippen molar-refractivity contribution >= 4 is 23.7 Å². The zero-order valence-corrected chi connectivity index (χ0v) is 15.9. The third kappa shape index (κ3) is 8.25. The monoisotopic (exact) mass is 410 g/mol. The van der Waals surface area contributed by atoms with Crippen molar-refractivity contribution in [3.8, 4) is 0 Å². The first kappa shape index (κ1) is 24.0. The summed E-state index contributed by atoms with van der Waals surface area (Å²) in [5.41, 5.74) is 6.65. The number of nitrogens with one attached hydrogen (secondary N) is 3. The van der Waals surface area contributed by atoms with E-state index < -0.39 is 61.1 Å². The van der Waals surface area contributed by atoms with Gasteiger partial charge in [0.2, 0.25) is 17.7 Å². The molecule has 11 heteroatoms. The number of carboxylic acids is 1. The van der Waals surface area contributed by atoms with E-state index in [0.29, 0.717) is 0 Å². The number of amides is 3. The van der Waals surface area contributed by atoms with Crippen LogP contribution in [0.25, 0.3) is 0 Å². The summed E-state index contributed by atoms with van der Waals surface area (Å²) in [4.78, 5) is 47.0. The summed E-state index contributed by atoms with van der Waals surface area (Å²) in [6.07, 6.45) is -1.09. The first-order chi connectivity index (χ1) is 13.6. The molecule has 11 nitrogen and oxygen atoms in total. The number of nitrogens with two attached hydrogens (primary N) is 1. The Morgan fingerprint density at radius 1 is 1.07 bits per heavy atom. The van der Waals surface area contributed by atoms with Crippen molar-refractivity contribution in [1.82, 2.24) is 16.0 Å². The zero-order valence-electron chi connectivity index (χ0n) is 15.9. The maximum absolute atomic E-state index is 12.1. The third-order valence-electron chi connectivity index (χ3n) is 3.94. The van der Waals surface area contributed by atoms with Gasteiger partial charge in [-0.1, -0.05) is 30.3 Å². The van der Waals surface area contributed by atoms with E-state index in [9.17, 15) is 24.3 Å². The van der Waals surface area contributed by atoms with Gasteiger partial charge in [-0.2, -0.15) is 0 Å². The van der Waals surface area contributed by atoms with Crippen LogP contribution in [0.3, 0.4) is 0 Å². The topological polar surface area (TPSA) is 191 Å². The molecular formula is C18H26N4O7. The number of hydrogen-bond acceptors (Lipinski definition) is 7. The van der Waals surface area contributed by atoms with Gasteiger partial charge in [-0.05, 0) is 18.9 Å². The minimum absolute atomic E-state index is 0.269. The fraction of sp³-hybridized carbons (Fsp3) is 0.444. The summed E-state index contributed by atoms with van der Waals surface area (Å²) >= 11 is 0. The Morgan fingerprint density at radius 3 is 2.21 bits per heavy atom. The molecule has 0 aliphatic heterocycles. The van der Waals surface area contributed by atoms with Gasteiger partial charge in [0.1, 0.15) is 12.1 Å². The van der Waals surface area contributed by atoms with Crippen LogP contribution in [0.5, 0.6) is 0 Å². The maximum Gasteiger partial charge on any atom is 0.328 e. The number of rotatable bonds is 11. The first-order valence-corrected chi connectivity index (χ1v) is 8.84. The van der Waals surface area contributed by atoms with Crippen LogP contribution < -0.4 is 21.7 Å². The largest absolute Gasteiger partial charge is 0.480 e. The lowest BCUT2D eigenvalue weighted by Gasteiger charge is -2.23. The lowest BCUT2D eigenvalue weighted by molar-refractivity contribution is -0.144. The number of benzene rings is 1. The van der Waals surface area contributed by atoms with Crippen molar-refractivity contribution in [3.63, 3.8) is 0 Å². The van der Waals surface area contributed by atoms with Gasteiger partial charge in [0.05, 0.1) is 25.3 Å². The summed E-state index contributed by atoms with van der Waals surface area (Å²) in [6.45, 7) is -0.148. The van der Waals surface area contributed by atoms with Crippen molar-refractivity contribution in [3.05, 3.63) is 35.9 Å². The lowest BCUT2D eigenvalue weighted by Crippen LogP contribution is -2.57. The fourth-order valence-electron chi connectivity index (χ4n) is 2.34. The molecule has 1 aromatic carbocycles. The van der Waals surface area contributed by atoms with E-state index in [2.05, 4.69) is 10.6 Å². The highest BCUT2D eigenvalue weighted by Gasteiger charge is 2.29. The number of aliphatic carboxylic acids is 1. The number of aliphatic hydroxyl groups excluding tert-OH is 2. The van der Waals surface area contributed by atoms with E-state index in [1.165, 1.54) is 6.92 Å². The quantitative estimate of drug-likeness (QED) is 0.202.